The van der Waals surface area contributed by atoms with Crippen LogP contribution in [-0.4, -0.2) is 49.7 Å². The Morgan fingerprint density at radius 3 is 2.61 bits per heavy atom. The molecule has 3 rings (SSSR count). The molecule has 1 unspecified atom stereocenters. The number of ether oxygens (including phenoxy) is 2. The molecule has 11 heteroatoms. The summed E-state index contributed by atoms with van der Waals surface area (Å²) in [4.78, 5) is 30.1. The van der Waals surface area contributed by atoms with E-state index >= 15 is 0 Å². The molecule has 178 valence electrons. The van der Waals surface area contributed by atoms with Crippen molar-refractivity contribution in [3.63, 3.8) is 0 Å². The molecule has 2 heterocycles. The van der Waals surface area contributed by atoms with Gasteiger partial charge in [-0.3, -0.25) is 4.99 Å². The number of alkyl halides is 3. The number of halogens is 3. The molecule has 7 nitrogen and oxygen atoms in total. The summed E-state index contributed by atoms with van der Waals surface area (Å²) in [6.45, 7) is 4.65. The van der Waals surface area contributed by atoms with Crippen molar-refractivity contribution in [1.29, 1.82) is 0 Å². The van der Waals surface area contributed by atoms with Gasteiger partial charge >= 0.3 is 18.1 Å². The Morgan fingerprint density at radius 2 is 2.00 bits per heavy atom. The Morgan fingerprint density at radius 1 is 1.24 bits per heavy atom. The zero-order valence-electron chi connectivity index (χ0n) is 18.3. The summed E-state index contributed by atoms with van der Waals surface area (Å²) in [5.74, 6) is -2.32. The Kier molecular flexibility index (Phi) is 7.72. The molecule has 0 aliphatic carbocycles. The smallest absolute Gasteiger partial charge is 0.416 e. The average molecular weight is 484 g/mol. The van der Waals surface area contributed by atoms with E-state index < -0.39 is 29.6 Å². The molecule has 0 amide bonds. The van der Waals surface area contributed by atoms with Gasteiger partial charge in [-0.05, 0) is 25.5 Å². The lowest BCUT2D eigenvalue weighted by molar-refractivity contribution is -0.139. The minimum atomic E-state index is -4.59. The first kappa shape index (κ1) is 24.7. The SMILES string of the molecule is CCOC(=O)C1=C(C)NC(CSC2=NCCN2)=C(C(=O)OC)C1c1cccc(C(F)(F)F)c1. The van der Waals surface area contributed by atoms with Crippen molar-refractivity contribution in [1.82, 2.24) is 10.6 Å². The van der Waals surface area contributed by atoms with Crippen molar-refractivity contribution in [2.45, 2.75) is 25.9 Å². The fourth-order valence-corrected chi connectivity index (χ4v) is 4.58. The highest BCUT2D eigenvalue weighted by Crippen LogP contribution is 2.41. The van der Waals surface area contributed by atoms with Gasteiger partial charge in [0.1, 0.15) is 0 Å². The molecule has 33 heavy (non-hydrogen) atoms. The normalized spacial score (nSPS) is 18.5. The fourth-order valence-electron chi connectivity index (χ4n) is 3.68. The van der Waals surface area contributed by atoms with Crippen molar-refractivity contribution < 1.29 is 32.2 Å². The van der Waals surface area contributed by atoms with Crippen molar-refractivity contribution in [2.24, 2.45) is 4.99 Å². The van der Waals surface area contributed by atoms with Gasteiger partial charge in [-0.1, -0.05) is 30.0 Å². The Balaban J connectivity index is 2.15. The predicted octanol–water partition coefficient (Wildman–Crippen LogP) is 3.35. The van der Waals surface area contributed by atoms with Crippen LogP contribution in [0.15, 0.2) is 51.8 Å². The molecule has 1 aromatic carbocycles. The number of rotatable bonds is 6. The number of benzene rings is 1. The van der Waals surface area contributed by atoms with E-state index in [-0.39, 0.29) is 29.1 Å². The highest BCUT2D eigenvalue weighted by molar-refractivity contribution is 8.14. The third kappa shape index (κ3) is 5.52. The molecular formula is C22H24F3N3O4S. The number of thioether (sulfide) groups is 1. The number of esters is 2. The molecule has 1 atom stereocenters. The molecular weight excluding hydrogens is 459 g/mol. The average Bonchev–Trinajstić information content (AvgIpc) is 3.30. The van der Waals surface area contributed by atoms with Crippen molar-refractivity contribution >= 4 is 28.9 Å². The third-order valence-corrected chi connectivity index (χ3v) is 6.07. The second-order valence-corrected chi connectivity index (χ2v) is 8.19. The van der Waals surface area contributed by atoms with Crippen LogP contribution in [0.25, 0.3) is 0 Å². The van der Waals surface area contributed by atoms with E-state index in [2.05, 4.69) is 15.6 Å². The number of nitrogens with zero attached hydrogens (tertiary/aromatic N) is 1. The van der Waals surface area contributed by atoms with Gasteiger partial charge in [-0.2, -0.15) is 13.2 Å². The first-order valence-corrected chi connectivity index (χ1v) is 11.2. The Hall–Kier alpha value is -2.95. The molecule has 0 fully saturated rings. The number of hydrogen-bond acceptors (Lipinski definition) is 8. The zero-order chi connectivity index (χ0) is 24.2. The van der Waals surface area contributed by atoms with E-state index in [4.69, 9.17) is 9.47 Å². The van der Waals surface area contributed by atoms with E-state index in [9.17, 15) is 22.8 Å². The topological polar surface area (TPSA) is 89.0 Å². The minimum Gasteiger partial charge on any atom is -0.466 e. The maximum absolute atomic E-state index is 13.4. The standard InChI is InChI=1S/C22H24F3N3O4S/c1-4-32-20(30)16-12(2)28-15(11-33-21-26-8-9-27-21)18(19(29)31-3)17(16)13-6-5-7-14(10-13)22(23,24)25/h5-7,10,17,28H,4,8-9,11H2,1-3H3,(H,26,27). The van der Waals surface area contributed by atoms with Crippen LogP contribution in [0.3, 0.4) is 0 Å². The van der Waals surface area contributed by atoms with Crippen LogP contribution in [0.5, 0.6) is 0 Å². The van der Waals surface area contributed by atoms with Gasteiger partial charge in [-0.15, -0.1) is 0 Å². The number of carbonyl (C=O) groups excluding carboxylic acids is 2. The van der Waals surface area contributed by atoms with Crippen LogP contribution in [0.2, 0.25) is 0 Å². The lowest BCUT2D eigenvalue weighted by Gasteiger charge is -2.31. The maximum atomic E-state index is 13.4. The van der Waals surface area contributed by atoms with Gasteiger partial charge in [0.2, 0.25) is 0 Å². The minimum absolute atomic E-state index is 0.0524. The van der Waals surface area contributed by atoms with Crippen molar-refractivity contribution in [3.8, 4) is 0 Å². The summed E-state index contributed by atoms with van der Waals surface area (Å²) in [5, 5.41) is 6.88. The number of amidine groups is 1. The molecule has 0 saturated heterocycles. The van der Waals surface area contributed by atoms with E-state index in [1.165, 1.54) is 31.0 Å². The second-order valence-electron chi connectivity index (χ2n) is 7.23. The Bertz CT molecular complexity index is 1030. The molecule has 2 N–H and O–H groups in total. The van der Waals surface area contributed by atoms with E-state index in [1.54, 1.807) is 13.8 Å². The molecule has 0 bridgehead atoms. The van der Waals surface area contributed by atoms with Crippen LogP contribution in [0.1, 0.15) is 30.9 Å². The molecule has 0 aromatic heterocycles. The molecule has 0 saturated carbocycles. The summed E-state index contributed by atoms with van der Waals surface area (Å²) < 4.78 is 50.5. The van der Waals surface area contributed by atoms with Gasteiger partial charge < -0.3 is 20.1 Å². The van der Waals surface area contributed by atoms with Crippen LogP contribution < -0.4 is 10.6 Å². The summed E-state index contributed by atoms with van der Waals surface area (Å²) in [7, 11) is 1.18. The number of allylic oxidation sites excluding steroid dienone is 1. The zero-order valence-corrected chi connectivity index (χ0v) is 19.2. The first-order chi connectivity index (χ1) is 15.7. The molecule has 0 spiro atoms. The summed E-state index contributed by atoms with van der Waals surface area (Å²) in [6, 6.07) is 4.58. The fraction of sp³-hybridized carbons (Fsp3) is 0.409. The monoisotopic (exact) mass is 483 g/mol. The van der Waals surface area contributed by atoms with Gasteiger partial charge in [0.05, 0.1) is 42.9 Å². The number of nitrogens with one attached hydrogen (secondary N) is 2. The second kappa shape index (κ2) is 10.3. The van der Waals surface area contributed by atoms with Crippen molar-refractivity contribution in [2.75, 3.05) is 32.6 Å². The van der Waals surface area contributed by atoms with Crippen molar-refractivity contribution in [3.05, 3.63) is 57.9 Å². The Labute approximate surface area is 193 Å². The third-order valence-electron chi connectivity index (χ3n) is 5.09. The van der Waals surface area contributed by atoms with Crippen LogP contribution in [0.4, 0.5) is 13.2 Å². The number of hydrogen-bond donors (Lipinski definition) is 2. The van der Waals surface area contributed by atoms with Gasteiger partial charge in [0.25, 0.3) is 0 Å². The largest absolute Gasteiger partial charge is 0.466 e. The lowest BCUT2D eigenvalue weighted by Crippen LogP contribution is -2.34. The van der Waals surface area contributed by atoms with Crippen LogP contribution in [-0.2, 0) is 25.2 Å². The van der Waals surface area contributed by atoms with Gasteiger partial charge in [0, 0.05) is 23.7 Å². The summed E-state index contributed by atoms with van der Waals surface area (Å²) in [5.41, 5.74) is 0.173. The highest BCUT2D eigenvalue weighted by atomic mass is 32.2. The number of methoxy groups -OCH3 is 1. The van der Waals surface area contributed by atoms with Gasteiger partial charge in [0.15, 0.2) is 5.17 Å². The number of dihydropyridines is 1. The highest BCUT2D eigenvalue weighted by Gasteiger charge is 2.40. The van der Waals surface area contributed by atoms with Crippen LogP contribution >= 0.6 is 11.8 Å². The van der Waals surface area contributed by atoms with E-state index in [1.807, 2.05) is 0 Å². The lowest BCUT2D eigenvalue weighted by atomic mass is 9.80. The quantitative estimate of drug-likeness (QED) is 0.600. The van der Waals surface area contributed by atoms with Gasteiger partial charge in [-0.25, -0.2) is 9.59 Å². The molecule has 1 aromatic rings. The molecule has 0 radical (unpaired) electrons. The maximum Gasteiger partial charge on any atom is 0.416 e. The number of aliphatic imine (C=N–C) groups is 1. The summed E-state index contributed by atoms with van der Waals surface area (Å²) >= 11 is 1.34. The van der Waals surface area contributed by atoms with E-state index in [0.717, 1.165) is 12.1 Å². The van der Waals surface area contributed by atoms with Crippen LogP contribution in [0, 0.1) is 0 Å². The molecule has 2 aliphatic heterocycles. The number of carbonyl (C=O) groups is 2. The predicted molar refractivity (Wildman–Crippen MR) is 118 cm³/mol. The van der Waals surface area contributed by atoms with E-state index in [0.29, 0.717) is 29.7 Å². The molecule has 2 aliphatic rings. The first-order valence-electron chi connectivity index (χ1n) is 10.2. The summed E-state index contributed by atoms with van der Waals surface area (Å²) in [6.07, 6.45) is -4.59.